The molecule has 0 saturated heterocycles. The lowest BCUT2D eigenvalue weighted by atomic mass is 10.2. The smallest absolute Gasteiger partial charge is 0.330 e. The summed E-state index contributed by atoms with van der Waals surface area (Å²) in [4.78, 5) is 28.3. The van der Waals surface area contributed by atoms with Gasteiger partial charge in [0.15, 0.2) is 0 Å². The van der Waals surface area contributed by atoms with Crippen LogP contribution in [0.3, 0.4) is 0 Å². The molecule has 0 radical (unpaired) electrons. The number of benzene rings is 1. The molecule has 2 rings (SSSR count). The number of nitrogens with zero attached hydrogens (tertiary/aromatic N) is 4. The second-order valence-corrected chi connectivity index (χ2v) is 7.43. The zero-order valence-corrected chi connectivity index (χ0v) is 17.7. The zero-order valence-electron chi connectivity index (χ0n) is 17.7. The minimum absolute atomic E-state index is 0.278. The summed E-state index contributed by atoms with van der Waals surface area (Å²) in [7, 11) is 7.24. The molecule has 0 saturated carbocycles. The Morgan fingerprint density at radius 3 is 2.31 bits per heavy atom. The van der Waals surface area contributed by atoms with Crippen LogP contribution in [0.25, 0.3) is 0 Å². The number of likely N-dealkylation sites (N-methyl/N-ethyl adjacent to an activating group) is 1. The van der Waals surface area contributed by atoms with Gasteiger partial charge in [0.05, 0.1) is 0 Å². The molecule has 1 aromatic carbocycles. The highest BCUT2D eigenvalue weighted by Crippen LogP contribution is 2.11. The summed E-state index contributed by atoms with van der Waals surface area (Å²) < 4.78 is 21.3. The van der Waals surface area contributed by atoms with Crippen LogP contribution in [0.5, 0.6) is 5.75 Å². The largest absolute Gasteiger partial charge is 0.492 e. The van der Waals surface area contributed by atoms with E-state index in [2.05, 4.69) is 9.80 Å². The molecule has 160 valence electrons. The van der Waals surface area contributed by atoms with Crippen molar-refractivity contribution in [1.82, 2.24) is 18.9 Å². The van der Waals surface area contributed by atoms with Crippen LogP contribution >= 0.6 is 0 Å². The quantitative estimate of drug-likeness (QED) is 0.559. The molecule has 0 amide bonds. The van der Waals surface area contributed by atoms with E-state index in [0.717, 1.165) is 42.9 Å². The van der Waals surface area contributed by atoms with Crippen molar-refractivity contribution in [3.05, 3.63) is 62.7 Å². The Balaban J connectivity index is 1.90. The fourth-order valence-corrected chi connectivity index (χ4v) is 3.00. The van der Waals surface area contributed by atoms with Gasteiger partial charge in [0.1, 0.15) is 18.2 Å². The Kier molecular flexibility index (Phi) is 8.60. The molecular weight excluding hydrogens is 375 g/mol. The van der Waals surface area contributed by atoms with Crippen LogP contribution in [0, 0.1) is 5.82 Å². The van der Waals surface area contributed by atoms with Crippen LogP contribution in [0.2, 0.25) is 0 Å². The molecule has 0 aliphatic carbocycles. The fraction of sp³-hybridized carbons (Fsp3) is 0.524. The van der Waals surface area contributed by atoms with Crippen molar-refractivity contribution in [3.63, 3.8) is 0 Å². The van der Waals surface area contributed by atoms with Crippen molar-refractivity contribution in [2.24, 2.45) is 14.1 Å². The van der Waals surface area contributed by atoms with E-state index < -0.39 is 0 Å². The lowest BCUT2D eigenvalue weighted by Gasteiger charge is -2.24. The molecule has 0 atom stereocenters. The normalized spacial score (nSPS) is 11.4. The molecule has 2 aromatic rings. The van der Waals surface area contributed by atoms with E-state index in [1.165, 1.54) is 29.8 Å². The molecule has 0 unspecified atom stereocenters. The van der Waals surface area contributed by atoms with Crippen molar-refractivity contribution in [2.45, 2.75) is 12.8 Å². The van der Waals surface area contributed by atoms with E-state index in [0.29, 0.717) is 18.8 Å². The van der Waals surface area contributed by atoms with E-state index in [9.17, 15) is 14.0 Å². The SMILES string of the molecule is CN(C)CCN(CCCc1cc(=O)n(C)c(=O)n1C)CCOc1ccc(F)cc1. The van der Waals surface area contributed by atoms with Crippen LogP contribution in [0.1, 0.15) is 12.1 Å². The van der Waals surface area contributed by atoms with E-state index in [1.807, 2.05) is 14.1 Å². The number of rotatable bonds is 11. The molecule has 0 aliphatic heterocycles. The maximum Gasteiger partial charge on any atom is 0.330 e. The molecule has 0 spiro atoms. The van der Waals surface area contributed by atoms with Crippen molar-refractivity contribution in [1.29, 1.82) is 0 Å². The summed E-state index contributed by atoms with van der Waals surface area (Å²) in [5.41, 5.74) is 0.165. The Labute approximate surface area is 170 Å². The Morgan fingerprint density at radius 1 is 0.966 bits per heavy atom. The monoisotopic (exact) mass is 406 g/mol. The number of aromatic nitrogens is 2. The van der Waals surface area contributed by atoms with Crippen LogP contribution in [-0.4, -0.2) is 65.8 Å². The van der Waals surface area contributed by atoms with Crippen molar-refractivity contribution in [3.8, 4) is 5.75 Å². The minimum Gasteiger partial charge on any atom is -0.492 e. The average Bonchev–Trinajstić information content (AvgIpc) is 2.69. The molecule has 0 N–H and O–H groups in total. The number of ether oxygens (including phenoxy) is 1. The predicted molar refractivity (Wildman–Crippen MR) is 112 cm³/mol. The Bertz CT molecular complexity index is 890. The summed E-state index contributed by atoms with van der Waals surface area (Å²) >= 11 is 0. The maximum atomic E-state index is 13.0. The Morgan fingerprint density at radius 2 is 1.66 bits per heavy atom. The zero-order chi connectivity index (χ0) is 21.4. The second kappa shape index (κ2) is 10.9. The standard InChI is InChI=1S/C21H31FN4O3/c1-23(2)12-13-26(14-15-29-19-9-7-17(22)8-10-19)11-5-6-18-16-20(27)25(4)21(28)24(18)3/h7-10,16H,5-6,11-15H2,1-4H3. The number of hydrogen-bond acceptors (Lipinski definition) is 5. The second-order valence-electron chi connectivity index (χ2n) is 7.43. The topological polar surface area (TPSA) is 59.7 Å². The first kappa shape index (κ1) is 22.8. The van der Waals surface area contributed by atoms with Gasteiger partial charge >= 0.3 is 5.69 Å². The first-order valence-corrected chi connectivity index (χ1v) is 9.79. The van der Waals surface area contributed by atoms with Gasteiger partial charge in [-0.05, 0) is 57.7 Å². The summed E-state index contributed by atoms with van der Waals surface area (Å²) in [5, 5.41) is 0. The highest BCUT2D eigenvalue weighted by molar-refractivity contribution is 5.21. The molecule has 7 nitrogen and oxygen atoms in total. The third kappa shape index (κ3) is 7.14. The first-order chi connectivity index (χ1) is 13.8. The van der Waals surface area contributed by atoms with Gasteiger partial charge in [-0.2, -0.15) is 0 Å². The van der Waals surface area contributed by atoms with Gasteiger partial charge in [-0.15, -0.1) is 0 Å². The molecule has 0 bridgehead atoms. The van der Waals surface area contributed by atoms with Gasteiger partial charge in [0.25, 0.3) is 5.56 Å². The number of hydrogen-bond donors (Lipinski definition) is 0. The van der Waals surface area contributed by atoms with E-state index >= 15 is 0 Å². The summed E-state index contributed by atoms with van der Waals surface area (Å²) in [5.74, 6) is 0.365. The minimum atomic E-state index is -0.301. The molecule has 0 aliphatic rings. The maximum absolute atomic E-state index is 13.0. The highest BCUT2D eigenvalue weighted by atomic mass is 19.1. The molecule has 1 aromatic heterocycles. The third-order valence-electron chi connectivity index (χ3n) is 4.89. The molecule has 0 fully saturated rings. The summed E-state index contributed by atoms with van der Waals surface area (Å²) in [6.45, 7) is 3.87. The molecule has 8 heteroatoms. The van der Waals surface area contributed by atoms with Crippen molar-refractivity contribution >= 4 is 0 Å². The first-order valence-electron chi connectivity index (χ1n) is 9.79. The van der Waals surface area contributed by atoms with Crippen LogP contribution in [-0.2, 0) is 20.5 Å². The lowest BCUT2D eigenvalue weighted by Crippen LogP contribution is -2.38. The summed E-state index contributed by atoms with van der Waals surface area (Å²) in [6.07, 6.45) is 1.48. The van der Waals surface area contributed by atoms with Gasteiger partial charge < -0.3 is 14.2 Å². The van der Waals surface area contributed by atoms with E-state index in [-0.39, 0.29) is 17.1 Å². The predicted octanol–water partition coefficient (Wildman–Crippen LogP) is 1.10. The number of aryl methyl sites for hydroxylation is 1. The lowest BCUT2D eigenvalue weighted by molar-refractivity contribution is 0.192. The van der Waals surface area contributed by atoms with Crippen LogP contribution in [0.4, 0.5) is 4.39 Å². The van der Waals surface area contributed by atoms with Crippen LogP contribution < -0.4 is 16.0 Å². The summed E-state index contributed by atoms with van der Waals surface area (Å²) in [6, 6.07) is 7.54. The third-order valence-corrected chi connectivity index (χ3v) is 4.89. The van der Waals surface area contributed by atoms with Gasteiger partial charge in [-0.3, -0.25) is 14.3 Å². The van der Waals surface area contributed by atoms with E-state index in [4.69, 9.17) is 4.74 Å². The van der Waals surface area contributed by atoms with Crippen molar-refractivity contribution < 1.29 is 9.13 Å². The molecule has 29 heavy (non-hydrogen) atoms. The molecule has 1 heterocycles. The fourth-order valence-electron chi connectivity index (χ4n) is 3.00. The van der Waals surface area contributed by atoms with Gasteiger partial charge in [0.2, 0.25) is 0 Å². The number of halogens is 1. The van der Waals surface area contributed by atoms with E-state index in [1.54, 1.807) is 19.2 Å². The highest BCUT2D eigenvalue weighted by Gasteiger charge is 2.09. The molecular formula is C21H31FN4O3. The van der Waals surface area contributed by atoms with Crippen LogP contribution in [0.15, 0.2) is 39.9 Å². The average molecular weight is 407 g/mol. The van der Waals surface area contributed by atoms with Gasteiger partial charge in [-0.1, -0.05) is 0 Å². The Hall–Kier alpha value is -2.45. The van der Waals surface area contributed by atoms with Gasteiger partial charge in [0, 0.05) is 45.5 Å². The van der Waals surface area contributed by atoms with Gasteiger partial charge in [-0.25, -0.2) is 9.18 Å². The van der Waals surface area contributed by atoms with Crippen molar-refractivity contribution in [2.75, 3.05) is 46.9 Å².